The average Bonchev–Trinajstić information content (AvgIpc) is 2.75. The SMILES string of the molecule is COc1ccccc1NC(=O)c1ccnc(C(=O)NCCc2ccccc2)c1. The second kappa shape index (κ2) is 9.32. The summed E-state index contributed by atoms with van der Waals surface area (Å²) >= 11 is 0. The maximum absolute atomic E-state index is 12.5. The fourth-order valence-electron chi connectivity index (χ4n) is 2.69. The number of benzene rings is 2. The van der Waals surface area contributed by atoms with Gasteiger partial charge in [-0.2, -0.15) is 0 Å². The van der Waals surface area contributed by atoms with Crippen LogP contribution in [0.25, 0.3) is 0 Å². The van der Waals surface area contributed by atoms with Gasteiger partial charge in [-0.25, -0.2) is 0 Å². The van der Waals surface area contributed by atoms with Crippen molar-refractivity contribution >= 4 is 17.5 Å². The monoisotopic (exact) mass is 375 g/mol. The fraction of sp³-hybridized carbons (Fsp3) is 0.136. The number of hydrogen-bond acceptors (Lipinski definition) is 4. The maximum Gasteiger partial charge on any atom is 0.269 e. The Hall–Kier alpha value is -3.67. The molecule has 2 amide bonds. The molecular formula is C22H21N3O3. The van der Waals surface area contributed by atoms with Crippen LogP contribution in [0.1, 0.15) is 26.4 Å². The molecular weight excluding hydrogens is 354 g/mol. The van der Waals surface area contributed by atoms with Crippen LogP contribution in [-0.2, 0) is 6.42 Å². The largest absolute Gasteiger partial charge is 0.495 e. The highest BCUT2D eigenvalue weighted by Crippen LogP contribution is 2.23. The second-order valence-electron chi connectivity index (χ2n) is 6.08. The van der Waals surface area contributed by atoms with Crippen molar-refractivity contribution in [1.29, 1.82) is 0 Å². The Labute approximate surface area is 163 Å². The molecule has 3 rings (SSSR count). The number of nitrogens with zero attached hydrogens (tertiary/aromatic N) is 1. The summed E-state index contributed by atoms with van der Waals surface area (Å²) in [5.74, 6) is -0.100. The third kappa shape index (κ3) is 4.94. The summed E-state index contributed by atoms with van der Waals surface area (Å²) in [5, 5.41) is 5.61. The van der Waals surface area contributed by atoms with E-state index in [2.05, 4.69) is 15.6 Å². The van der Waals surface area contributed by atoms with E-state index in [-0.39, 0.29) is 17.5 Å². The summed E-state index contributed by atoms with van der Waals surface area (Å²) in [4.78, 5) is 28.9. The highest BCUT2D eigenvalue weighted by Gasteiger charge is 2.13. The molecule has 1 heterocycles. The summed E-state index contributed by atoms with van der Waals surface area (Å²) < 4.78 is 5.23. The van der Waals surface area contributed by atoms with E-state index < -0.39 is 0 Å². The zero-order valence-corrected chi connectivity index (χ0v) is 15.5. The quantitative estimate of drug-likeness (QED) is 0.664. The number of rotatable bonds is 7. The lowest BCUT2D eigenvalue weighted by atomic mass is 10.1. The van der Waals surface area contributed by atoms with E-state index in [1.165, 1.54) is 19.4 Å². The highest BCUT2D eigenvalue weighted by atomic mass is 16.5. The van der Waals surface area contributed by atoms with Crippen molar-refractivity contribution in [1.82, 2.24) is 10.3 Å². The van der Waals surface area contributed by atoms with Crippen LogP contribution in [0.5, 0.6) is 5.75 Å². The van der Waals surface area contributed by atoms with E-state index in [4.69, 9.17) is 4.74 Å². The molecule has 2 N–H and O–H groups in total. The number of aromatic nitrogens is 1. The van der Waals surface area contributed by atoms with Gasteiger partial charge in [-0.15, -0.1) is 0 Å². The molecule has 0 atom stereocenters. The third-order valence-corrected chi connectivity index (χ3v) is 4.15. The number of pyridine rings is 1. The van der Waals surface area contributed by atoms with Crippen LogP contribution in [0.3, 0.4) is 0 Å². The molecule has 0 aliphatic rings. The van der Waals surface area contributed by atoms with Crippen molar-refractivity contribution in [3.8, 4) is 5.75 Å². The molecule has 0 radical (unpaired) electrons. The van der Waals surface area contributed by atoms with Crippen molar-refractivity contribution in [2.75, 3.05) is 19.0 Å². The van der Waals surface area contributed by atoms with Gasteiger partial charge in [-0.05, 0) is 36.2 Å². The Morgan fingerprint density at radius 3 is 2.50 bits per heavy atom. The molecule has 0 aliphatic carbocycles. The van der Waals surface area contributed by atoms with E-state index in [0.717, 1.165) is 12.0 Å². The first kappa shape index (κ1) is 19.1. The third-order valence-electron chi connectivity index (χ3n) is 4.15. The normalized spacial score (nSPS) is 10.2. The molecule has 1 aromatic heterocycles. The van der Waals surface area contributed by atoms with Gasteiger partial charge in [0, 0.05) is 18.3 Å². The number of carbonyl (C=O) groups excluding carboxylic acids is 2. The van der Waals surface area contributed by atoms with E-state index >= 15 is 0 Å². The summed E-state index contributed by atoms with van der Waals surface area (Å²) in [6.45, 7) is 0.488. The summed E-state index contributed by atoms with van der Waals surface area (Å²) in [7, 11) is 1.54. The number of para-hydroxylation sites is 2. The molecule has 2 aromatic carbocycles. The number of nitrogens with one attached hydrogen (secondary N) is 2. The van der Waals surface area contributed by atoms with Gasteiger partial charge in [0.15, 0.2) is 0 Å². The average molecular weight is 375 g/mol. The predicted molar refractivity (Wildman–Crippen MR) is 108 cm³/mol. The molecule has 28 heavy (non-hydrogen) atoms. The molecule has 0 saturated carbocycles. The van der Waals surface area contributed by atoms with Crippen LogP contribution >= 0.6 is 0 Å². The van der Waals surface area contributed by atoms with E-state index in [1.54, 1.807) is 24.3 Å². The molecule has 6 nitrogen and oxygen atoms in total. The van der Waals surface area contributed by atoms with Gasteiger partial charge in [-0.3, -0.25) is 14.6 Å². The van der Waals surface area contributed by atoms with Crippen LogP contribution in [0.2, 0.25) is 0 Å². The highest BCUT2D eigenvalue weighted by molar-refractivity contribution is 6.06. The molecule has 3 aromatic rings. The first-order valence-electron chi connectivity index (χ1n) is 8.90. The molecule has 0 spiro atoms. The van der Waals surface area contributed by atoms with Crippen molar-refractivity contribution in [3.05, 3.63) is 89.7 Å². The van der Waals surface area contributed by atoms with Crippen molar-refractivity contribution < 1.29 is 14.3 Å². The first-order valence-corrected chi connectivity index (χ1v) is 8.90. The Morgan fingerprint density at radius 2 is 1.71 bits per heavy atom. The molecule has 142 valence electrons. The fourth-order valence-corrected chi connectivity index (χ4v) is 2.69. The minimum Gasteiger partial charge on any atom is -0.495 e. The molecule has 0 aliphatic heterocycles. The number of amides is 2. The van der Waals surface area contributed by atoms with Crippen LogP contribution in [0, 0.1) is 0 Å². The standard InChI is InChI=1S/C22H21N3O3/c1-28-20-10-6-5-9-18(20)25-21(26)17-12-14-23-19(15-17)22(27)24-13-11-16-7-3-2-4-8-16/h2-10,12,14-15H,11,13H2,1H3,(H,24,27)(H,25,26). The summed E-state index contributed by atoms with van der Waals surface area (Å²) in [6, 6.07) is 20.0. The van der Waals surface area contributed by atoms with Crippen LogP contribution in [-0.4, -0.2) is 30.5 Å². The van der Waals surface area contributed by atoms with Gasteiger partial charge >= 0.3 is 0 Å². The zero-order chi connectivity index (χ0) is 19.8. The van der Waals surface area contributed by atoms with Crippen molar-refractivity contribution in [3.63, 3.8) is 0 Å². The van der Waals surface area contributed by atoms with Gasteiger partial charge in [0.25, 0.3) is 11.8 Å². The van der Waals surface area contributed by atoms with Gasteiger partial charge in [0.1, 0.15) is 11.4 Å². The van der Waals surface area contributed by atoms with E-state index in [9.17, 15) is 9.59 Å². The summed E-state index contributed by atoms with van der Waals surface area (Å²) in [6.07, 6.45) is 2.17. The Morgan fingerprint density at radius 1 is 0.964 bits per heavy atom. The minimum atomic E-state index is -0.342. The molecule has 0 saturated heterocycles. The van der Waals surface area contributed by atoms with Gasteiger partial charge in [-0.1, -0.05) is 42.5 Å². The Bertz CT molecular complexity index is 958. The van der Waals surface area contributed by atoms with Crippen LogP contribution < -0.4 is 15.4 Å². The van der Waals surface area contributed by atoms with Gasteiger partial charge < -0.3 is 15.4 Å². The predicted octanol–water partition coefficient (Wildman–Crippen LogP) is 3.32. The van der Waals surface area contributed by atoms with E-state index in [0.29, 0.717) is 23.5 Å². The second-order valence-corrected chi connectivity index (χ2v) is 6.08. The maximum atomic E-state index is 12.5. The van der Waals surface area contributed by atoms with E-state index in [1.807, 2.05) is 36.4 Å². The van der Waals surface area contributed by atoms with Crippen LogP contribution in [0.15, 0.2) is 72.9 Å². The molecule has 6 heteroatoms. The molecule has 0 fully saturated rings. The minimum absolute atomic E-state index is 0.195. The molecule has 0 bridgehead atoms. The Balaban J connectivity index is 1.62. The topological polar surface area (TPSA) is 80.3 Å². The lowest BCUT2D eigenvalue weighted by Crippen LogP contribution is -2.27. The zero-order valence-electron chi connectivity index (χ0n) is 15.5. The molecule has 0 unspecified atom stereocenters. The number of carbonyl (C=O) groups is 2. The van der Waals surface area contributed by atoms with Gasteiger partial charge in [0.2, 0.25) is 0 Å². The Kier molecular flexibility index (Phi) is 6.36. The van der Waals surface area contributed by atoms with Crippen molar-refractivity contribution in [2.45, 2.75) is 6.42 Å². The lowest BCUT2D eigenvalue weighted by Gasteiger charge is -2.10. The first-order chi connectivity index (χ1) is 13.7. The summed E-state index contributed by atoms with van der Waals surface area (Å²) in [5.41, 5.74) is 2.23. The smallest absolute Gasteiger partial charge is 0.269 e. The number of methoxy groups -OCH3 is 1. The van der Waals surface area contributed by atoms with Gasteiger partial charge in [0.05, 0.1) is 12.8 Å². The number of anilines is 1. The van der Waals surface area contributed by atoms with Crippen molar-refractivity contribution in [2.24, 2.45) is 0 Å². The number of ether oxygens (including phenoxy) is 1. The van der Waals surface area contributed by atoms with Crippen LogP contribution in [0.4, 0.5) is 5.69 Å². The number of hydrogen-bond donors (Lipinski definition) is 2. The lowest BCUT2D eigenvalue weighted by molar-refractivity contribution is 0.0949.